The maximum absolute atomic E-state index is 13.9. The molecule has 1 heterocycles. The third-order valence-electron chi connectivity index (χ3n) is 6.60. The van der Waals surface area contributed by atoms with Crippen LogP contribution in [0.15, 0.2) is 83.7 Å². The molecule has 0 bridgehead atoms. The monoisotopic (exact) mass is 513 g/mol. The molecule has 0 radical (unpaired) electrons. The van der Waals surface area contributed by atoms with Crippen LogP contribution in [0.25, 0.3) is 16.6 Å². The first kappa shape index (κ1) is 27.1. The summed E-state index contributed by atoms with van der Waals surface area (Å²) >= 11 is 0. The summed E-state index contributed by atoms with van der Waals surface area (Å²) in [5.41, 5.74) is 2.22. The molecule has 4 aromatic rings. The van der Waals surface area contributed by atoms with Crippen molar-refractivity contribution < 1.29 is 14.3 Å². The zero-order valence-electron chi connectivity index (χ0n) is 22.3. The fourth-order valence-corrected chi connectivity index (χ4v) is 4.71. The Balaban J connectivity index is 1.79. The van der Waals surface area contributed by atoms with Crippen LogP contribution in [0, 0.1) is 0 Å². The number of carbonyl (C=O) groups excluding carboxylic acids is 1. The molecule has 0 saturated carbocycles. The number of para-hydroxylation sites is 1. The molecule has 1 amide bonds. The minimum Gasteiger partial charge on any atom is -0.494 e. The van der Waals surface area contributed by atoms with Crippen LogP contribution in [-0.4, -0.2) is 47.2 Å². The van der Waals surface area contributed by atoms with Crippen LogP contribution < -0.4 is 10.3 Å². The van der Waals surface area contributed by atoms with Gasteiger partial charge in [-0.1, -0.05) is 49.4 Å². The van der Waals surface area contributed by atoms with Crippen LogP contribution in [0.2, 0.25) is 0 Å². The molecule has 7 nitrogen and oxygen atoms in total. The standard InChI is InChI=1S/C31H35N3O4/c1-4-28(33(21-22-37-3)29(35)20-15-23-11-7-6-8-12-23)30-32-27-14-10-9-13-26(27)31(36)34(30)24-16-18-25(19-17-24)38-5-2/h6-14,16-19,28H,4-5,15,20-22H2,1-3H3. The van der Waals surface area contributed by atoms with Gasteiger partial charge in [-0.05, 0) is 61.7 Å². The first-order valence-corrected chi connectivity index (χ1v) is 13.1. The van der Waals surface area contributed by atoms with Crippen molar-refractivity contribution in [2.24, 2.45) is 0 Å². The number of methoxy groups -OCH3 is 1. The Labute approximate surface area is 223 Å². The van der Waals surface area contributed by atoms with Gasteiger partial charge in [0.15, 0.2) is 0 Å². The second-order valence-electron chi connectivity index (χ2n) is 9.04. The zero-order chi connectivity index (χ0) is 26.9. The number of rotatable bonds is 12. The van der Waals surface area contributed by atoms with Crippen LogP contribution >= 0.6 is 0 Å². The van der Waals surface area contributed by atoms with Gasteiger partial charge in [0.2, 0.25) is 5.91 Å². The molecule has 0 aliphatic rings. The fraction of sp³-hybridized carbons (Fsp3) is 0.323. The van der Waals surface area contributed by atoms with Gasteiger partial charge in [0.25, 0.3) is 5.56 Å². The number of ether oxygens (including phenoxy) is 2. The number of hydrogen-bond donors (Lipinski definition) is 0. The van der Waals surface area contributed by atoms with Gasteiger partial charge in [-0.2, -0.15) is 0 Å². The van der Waals surface area contributed by atoms with Crippen LogP contribution in [0.5, 0.6) is 5.75 Å². The number of carbonyl (C=O) groups is 1. The van der Waals surface area contributed by atoms with E-state index in [4.69, 9.17) is 14.5 Å². The molecule has 4 rings (SSSR count). The molecule has 7 heteroatoms. The molecule has 1 unspecified atom stereocenters. The van der Waals surface area contributed by atoms with Crippen LogP contribution in [0.4, 0.5) is 0 Å². The Hall–Kier alpha value is -3.97. The molecule has 0 spiro atoms. The van der Waals surface area contributed by atoms with Crippen molar-refractivity contribution in [2.45, 2.75) is 39.2 Å². The Bertz CT molecular complexity index is 1400. The van der Waals surface area contributed by atoms with E-state index in [1.165, 1.54) is 0 Å². The summed E-state index contributed by atoms with van der Waals surface area (Å²) in [7, 11) is 1.62. The summed E-state index contributed by atoms with van der Waals surface area (Å²) in [5, 5.41) is 0.527. The minimum atomic E-state index is -0.419. The van der Waals surface area contributed by atoms with E-state index in [9.17, 15) is 9.59 Å². The number of amides is 1. The lowest BCUT2D eigenvalue weighted by atomic mass is 10.1. The van der Waals surface area contributed by atoms with Gasteiger partial charge >= 0.3 is 0 Å². The summed E-state index contributed by atoms with van der Waals surface area (Å²) in [5.74, 6) is 1.26. The number of aryl methyl sites for hydroxylation is 1. The molecular weight excluding hydrogens is 478 g/mol. The average molecular weight is 514 g/mol. The highest BCUT2D eigenvalue weighted by atomic mass is 16.5. The van der Waals surface area contributed by atoms with Gasteiger partial charge in [0, 0.05) is 20.1 Å². The molecular formula is C31H35N3O4. The number of nitrogens with zero attached hydrogens (tertiary/aromatic N) is 3. The summed E-state index contributed by atoms with van der Waals surface area (Å²) < 4.78 is 12.6. The summed E-state index contributed by atoms with van der Waals surface area (Å²) in [6.07, 6.45) is 1.57. The molecule has 1 atom stereocenters. The first-order chi connectivity index (χ1) is 18.6. The van der Waals surface area contributed by atoms with Crippen molar-refractivity contribution in [2.75, 3.05) is 26.9 Å². The second-order valence-corrected chi connectivity index (χ2v) is 9.04. The van der Waals surface area contributed by atoms with E-state index < -0.39 is 6.04 Å². The van der Waals surface area contributed by atoms with Crippen molar-refractivity contribution in [1.82, 2.24) is 14.5 Å². The third kappa shape index (κ3) is 6.11. The lowest BCUT2D eigenvalue weighted by Crippen LogP contribution is -2.40. The van der Waals surface area contributed by atoms with E-state index in [1.54, 1.807) is 17.7 Å². The summed E-state index contributed by atoms with van der Waals surface area (Å²) in [4.78, 5) is 34.3. The maximum atomic E-state index is 13.9. The molecule has 198 valence electrons. The molecule has 0 aliphatic heterocycles. The van der Waals surface area contributed by atoms with Crippen LogP contribution in [0.1, 0.15) is 44.1 Å². The normalized spacial score (nSPS) is 11.9. The van der Waals surface area contributed by atoms with Gasteiger partial charge < -0.3 is 14.4 Å². The van der Waals surface area contributed by atoms with E-state index in [0.717, 1.165) is 11.3 Å². The number of fused-ring (bicyclic) bond motifs is 1. The van der Waals surface area contributed by atoms with Gasteiger partial charge in [-0.25, -0.2) is 4.98 Å². The maximum Gasteiger partial charge on any atom is 0.266 e. The van der Waals surface area contributed by atoms with E-state index in [2.05, 4.69) is 0 Å². The molecule has 38 heavy (non-hydrogen) atoms. The van der Waals surface area contributed by atoms with Crippen molar-refractivity contribution in [3.63, 3.8) is 0 Å². The van der Waals surface area contributed by atoms with Crippen molar-refractivity contribution in [3.8, 4) is 11.4 Å². The van der Waals surface area contributed by atoms with Crippen molar-refractivity contribution >= 4 is 16.8 Å². The Morgan fingerprint density at radius 3 is 2.37 bits per heavy atom. The molecule has 1 aromatic heterocycles. The Kier molecular flexibility index (Phi) is 9.27. The fourth-order valence-electron chi connectivity index (χ4n) is 4.71. The number of hydrogen-bond acceptors (Lipinski definition) is 5. The topological polar surface area (TPSA) is 73.7 Å². The Morgan fingerprint density at radius 2 is 1.68 bits per heavy atom. The lowest BCUT2D eigenvalue weighted by Gasteiger charge is -2.32. The number of benzene rings is 3. The van der Waals surface area contributed by atoms with Crippen LogP contribution in [0.3, 0.4) is 0 Å². The highest BCUT2D eigenvalue weighted by molar-refractivity contribution is 5.79. The summed E-state index contributed by atoms with van der Waals surface area (Å²) in [6.45, 7) is 5.28. The van der Waals surface area contributed by atoms with Gasteiger partial charge in [0.1, 0.15) is 11.6 Å². The zero-order valence-corrected chi connectivity index (χ0v) is 22.3. The van der Waals surface area contributed by atoms with Gasteiger partial charge in [-0.15, -0.1) is 0 Å². The number of aromatic nitrogens is 2. The highest BCUT2D eigenvalue weighted by Crippen LogP contribution is 2.27. The summed E-state index contributed by atoms with van der Waals surface area (Å²) in [6, 6.07) is 24.3. The predicted molar refractivity (Wildman–Crippen MR) is 150 cm³/mol. The lowest BCUT2D eigenvalue weighted by molar-refractivity contribution is -0.134. The molecule has 0 saturated heterocycles. The predicted octanol–water partition coefficient (Wildman–Crippen LogP) is 5.34. The quantitative estimate of drug-likeness (QED) is 0.256. The van der Waals surface area contributed by atoms with Crippen molar-refractivity contribution in [1.29, 1.82) is 0 Å². The Morgan fingerprint density at radius 1 is 0.974 bits per heavy atom. The second kappa shape index (κ2) is 13.0. The SMILES string of the molecule is CCOc1ccc(-n2c(C(CC)N(CCOC)C(=O)CCc3ccccc3)nc3ccccc3c2=O)cc1. The van der Waals surface area contributed by atoms with Gasteiger partial charge in [-0.3, -0.25) is 14.2 Å². The molecule has 0 N–H and O–H groups in total. The van der Waals surface area contributed by atoms with E-state index in [1.807, 2.05) is 91.5 Å². The minimum absolute atomic E-state index is 0.00148. The van der Waals surface area contributed by atoms with E-state index >= 15 is 0 Å². The molecule has 0 fully saturated rings. The van der Waals surface area contributed by atoms with Crippen LogP contribution in [-0.2, 0) is 16.0 Å². The third-order valence-corrected chi connectivity index (χ3v) is 6.60. The molecule has 0 aliphatic carbocycles. The molecule has 3 aromatic carbocycles. The van der Waals surface area contributed by atoms with Crippen molar-refractivity contribution in [3.05, 3.63) is 101 Å². The van der Waals surface area contributed by atoms with E-state index in [-0.39, 0.29) is 11.5 Å². The van der Waals surface area contributed by atoms with E-state index in [0.29, 0.717) is 61.4 Å². The smallest absolute Gasteiger partial charge is 0.266 e. The largest absolute Gasteiger partial charge is 0.494 e. The average Bonchev–Trinajstić information content (AvgIpc) is 2.95. The first-order valence-electron chi connectivity index (χ1n) is 13.1. The van der Waals surface area contributed by atoms with Gasteiger partial charge in [0.05, 0.1) is 35.8 Å². The highest BCUT2D eigenvalue weighted by Gasteiger charge is 2.28.